The number of hydrogen-bond donors (Lipinski definition) is 0. The molecule has 0 N–H and O–H groups in total. The lowest BCUT2D eigenvalue weighted by Crippen LogP contribution is -1.80. The average Bonchev–Trinajstić information content (AvgIpc) is 2.71. The maximum absolute atomic E-state index is 5.83. The Morgan fingerprint density at radius 1 is 1.57 bits per heavy atom. The molecule has 2 aromatic heterocycles. The lowest BCUT2D eigenvalue weighted by atomic mass is 10.3. The fraction of sp³-hybridized carbons (Fsp3) is 0.222. The first kappa shape index (κ1) is 9.80. The van der Waals surface area contributed by atoms with Crippen molar-refractivity contribution in [2.24, 2.45) is 0 Å². The third-order valence-corrected chi connectivity index (χ3v) is 2.55. The topological polar surface area (TPSA) is 39.2 Å². The standard InChI is InChI=1S/C9H7BrClNO2/c1-5(11)9-12-4-7(14-9)6-2-3-13-8(6)10/h2-5H,1H3. The Hall–Kier alpha value is -0.740. The highest BCUT2D eigenvalue weighted by Crippen LogP contribution is 2.31. The minimum absolute atomic E-state index is 0.227. The molecule has 0 amide bonds. The second kappa shape index (κ2) is 3.79. The minimum atomic E-state index is -0.227. The molecule has 5 heteroatoms. The maximum Gasteiger partial charge on any atom is 0.212 e. The molecule has 1 unspecified atom stereocenters. The largest absolute Gasteiger partial charge is 0.457 e. The van der Waals surface area contributed by atoms with Crippen molar-refractivity contribution in [3.8, 4) is 11.3 Å². The lowest BCUT2D eigenvalue weighted by Gasteiger charge is -1.94. The van der Waals surface area contributed by atoms with Crippen molar-refractivity contribution in [1.29, 1.82) is 0 Å². The van der Waals surface area contributed by atoms with Gasteiger partial charge in [-0.2, -0.15) is 0 Å². The molecule has 14 heavy (non-hydrogen) atoms. The van der Waals surface area contributed by atoms with Crippen molar-refractivity contribution >= 4 is 27.5 Å². The van der Waals surface area contributed by atoms with Gasteiger partial charge in [0.05, 0.1) is 18.0 Å². The van der Waals surface area contributed by atoms with Gasteiger partial charge in [0, 0.05) is 0 Å². The van der Waals surface area contributed by atoms with Crippen molar-refractivity contribution in [1.82, 2.24) is 4.98 Å². The van der Waals surface area contributed by atoms with E-state index in [1.54, 1.807) is 18.5 Å². The van der Waals surface area contributed by atoms with Crippen LogP contribution in [0, 0.1) is 0 Å². The predicted molar refractivity (Wildman–Crippen MR) is 56.2 cm³/mol. The van der Waals surface area contributed by atoms with Crippen molar-refractivity contribution < 1.29 is 8.83 Å². The second-order valence-corrected chi connectivity index (χ2v) is 4.16. The van der Waals surface area contributed by atoms with Gasteiger partial charge in [-0.15, -0.1) is 11.6 Å². The number of furan rings is 1. The summed E-state index contributed by atoms with van der Waals surface area (Å²) in [5.41, 5.74) is 0.834. The van der Waals surface area contributed by atoms with Crippen LogP contribution in [-0.2, 0) is 0 Å². The molecule has 74 valence electrons. The van der Waals surface area contributed by atoms with Gasteiger partial charge in [0.15, 0.2) is 10.4 Å². The van der Waals surface area contributed by atoms with E-state index in [1.807, 2.05) is 6.92 Å². The summed E-state index contributed by atoms with van der Waals surface area (Å²) in [4.78, 5) is 4.05. The summed E-state index contributed by atoms with van der Waals surface area (Å²) in [5, 5.41) is -0.227. The Bertz CT molecular complexity index is 435. The summed E-state index contributed by atoms with van der Waals surface area (Å²) < 4.78 is 11.1. The molecule has 2 rings (SSSR count). The number of hydrogen-bond acceptors (Lipinski definition) is 3. The highest BCUT2D eigenvalue weighted by Gasteiger charge is 2.14. The van der Waals surface area contributed by atoms with Crippen LogP contribution < -0.4 is 0 Å². The summed E-state index contributed by atoms with van der Waals surface area (Å²) in [5.74, 6) is 1.16. The number of oxazole rings is 1. The van der Waals surface area contributed by atoms with E-state index in [0.717, 1.165) is 5.56 Å². The first-order chi connectivity index (χ1) is 6.68. The fourth-order valence-corrected chi connectivity index (χ4v) is 1.60. The Kier molecular flexibility index (Phi) is 2.65. The van der Waals surface area contributed by atoms with Gasteiger partial charge in [-0.1, -0.05) is 0 Å². The van der Waals surface area contributed by atoms with E-state index < -0.39 is 0 Å². The van der Waals surface area contributed by atoms with Crippen molar-refractivity contribution in [3.63, 3.8) is 0 Å². The summed E-state index contributed by atoms with van der Waals surface area (Å²) in [6, 6.07) is 1.80. The molecule has 0 aromatic carbocycles. The van der Waals surface area contributed by atoms with Gasteiger partial charge in [-0.05, 0) is 28.9 Å². The molecular formula is C9H7BrClNO2. The van der Waals surface area contributed by atoms with Crippen LogP contribution in [0.3, 0.4) is 0 Å². The lowest BCUT2D eigenvalue weighted by molar-refractivity contribution is 0.503. The van der Waals surface area contributed by atoms with E-state index >= 15 is 0 Å². The molecule has 0 saturated heterocycles. The number of aromatic nitrogens is 1. The van der Waals surface area contributed by atoms with E-state index in [9.17, 15) is 0 Å². The monoisotopic (exact) mass is 275 g/mol. The molecule has 0 saturated carbocycles. The van der Waals surface area contributed by atoms with Gasteiger partial charge >= 0.3 is 0 Å². The van der Waals surface area contributed by atoms with Gasteiger partial charge in [0.1, 0.15) is 5.38 Å². The van der Waals surface area contributed by atoms with Crippen LogP contribution in [0.5, 0.6) is 0 Å². The third-order valence-electron chi connectivity index (χ3n) is 1.75. The molecule has 2 aromatic rings. The number of nitrogens with zero attached hydrogens (tertiary/aromatic N) is 1. The number of halogens is 2. The van der Waals surface area contributed by atoms with Crippen LogP contribution >= 0.6 is 27.5 Å². The highest BCUT2D eigenvalue weighted by molar-refractivity contribution is 9.10. The average molecular weight is 277 g/mol. The molecular weight excluding hydrogens is 269 g/mol. The summed E-state index contributed by atoms with van der Waals surface area (Å²) in [7, 11) is 0. The van der Waals surface area contributed by atoms with E-state index in [1.165, 1.54) is 0 Å². The first-order valence-corrected chi connectivity index (χ1v) is 5.24. The van der Waals surface area contributed by atoms with Crippen LogP contribution in [0.1, 0.15) is 18.2 Å². The maximum atomic E-state index is 5.83. The van der Waals surface area contributed by atoms with E-state index in [2.05, 4.69) is 20.9 Å². The Labute approximate surface area is 94.2 Å². The van der Waals surface area contributed by atoms with Crippen LogP contribution in [0.25, 0.3) is 11.3 Å². The summed E-state index contributed by atoms with van der Waals surface area (Å²) in [6.07, 6.45) is 3.20. The van der Waals surface area contributed by atoms with Crippen molar-refractivity contribution in [2.45, 2.75) is 12.3 Å². The highest BCUT2D eigenvalue weighted by atomic mass is 79.9. The van der Waals surface area contributed by atoms with E-state index in [-0.39, 0.29) is 5.38 Å². The zero-order chi connectivity index (χ0) is 10.1. The Morgan fingerprint density at radius 3 is 2.86 bits per heavy atom. The molecule has 3 nitrogen and oxygen atoms in total. The van der Waals surface area contributed by atoms with Crippen LogP contribution in [0.2, 0.25) is 0 Å². The van der Waals surface area contributed by atoms with Crippen LogP contribution in [-0.4, -0.2) is 4.98 Å². The van der Waals surface area contributed by atoms with Crippen molar-refractivity contribution in [2.75, 3.05) is 0 Å². The number of rotatable bonds is 2. The van der Waals surface area contributed by atoms with Gasteiger partial charge in [-0.3, -0.25) is 0 Å². The van der Waals surface area contributed by atoms with Gasteiger partial charge < -0.3 is 8.83 Å². The van der Waals surface area contributed by atoms with Crippen molar-refractivity contribution in [3.05, 3.63) is 29.1 Å². The zero-order valence-electron chi connectivity index (χ0n) is 7.33. The van der Waals surface area contributed by atoms with E-state index in [0.29, 0.717) is 16.3 Å². The summed E-state index contributed by atoms with van der Waals surface area (Å²) >= 11 is 9.09. The molecule has 2 heterocycles. The van der Waals surface area contributed by atoms with Gasteiger partial charge in [-0.25, -0.2) is 4.98 Å². The smallest absolute Gasteiger partial charge is 0.212 e. The molecule has 1 atom stereocenters. The fourth-order valence-electron chi connectivity index (χ4n) is 1.07. The molecule has 0 bridgehead atoms. The normalized spacial score (nSPS) is 13.1. The zero-order valence-corrected chi connectivity index (χ0v) is 9.67. The quantitative estimate of drug-likeness (QED) is 0.778. The van der Waals surface area contributed by atoms with Crippen LogP contribution in [0.4, 0.5) is 0 Å². The molecule has 0 aliphatic carbocycles. The Balaban J connectivity index is 2.39. The minimum Gasteiger partial charge on any atom is -0.457 e. The first-order valence-electron chi connectivity index (χ1n) is 4.01. The van der Waals surface area contributed by atoms with Gasteiger partial charge in [0.2, 0.25) is 5.89 Å². The molecule has 0 radical (unpaired) electrons. The summed E-state index contributed by atoms with van der Waals surface area (Å²) in [6.45, 7) is 1.81. The molecule has 0 aliphatic rings. The van der Waals surface area contributed by atoms with E-state index in [4.69, 9.17) is 20.4 Å². The SMILES string of the molecule is CC(Cl)c1ncc(-c2ccoc2Br)o1. The Morgan fingerprint density at radius 2 is 2.36 bits per heavy atom. The molecule has 0 aliphatic heterocycles. The third kappa shape index (κ3) is 1.72. The van der Waals surface area contributed by atoms with Crippen LogP contribution in [0.15, 0.2) is 32.0 Å². The predicted octanol–water partition coefficient (Wildman–Crippen LogP) is 4.00. The van der Waals surface area contributed by atoms with Gasteiger partial charge in [0.25, 0.3) is 0 Å². The number of alkyl halides is 1. The second-order valence-electron chi connectivity index (χ2n) is 2.79. The molecule has 0 fully saturated rings. The molecule has 0 spiro atoms.